The normalized spacial score (nSPS) is 17.0. The Morgan fingerprint density at radius 3 is 2.48 bits per heavy atom. The van der Waals surface area contributed by atoms with E-state index in [4.69, 9.17) is 18.9 Å². The highest BCUT2D eigenvalue weighted by molar-refractivity contribution is 5.76. The van der Waals surface area contributed by atoms with Crippen molar-refractivity contribution in [1.82, 2.24) is 4.90 Å². The molecule has 0 N–H and O–H groups in total. The van der Waals surface area contributed by atoms with Crippen LogP contribution in [0.25, 0.3) is 10.9 Å². The van der Waals surface area contributed by atoms with Crippen molar-refractivity contribution in [1.29, 1.82) is 0 Å². The lowest BCUT2D eigenvalue weighted by Gasteiger charge is -2.39. The first-order chi connectivity index (χ1) is 21.2. The van der Waals surface area contributed by atoms with Gasteiger partial charge in [0, 0.05) is 36.4 Å². The van der Waals surface area contributed by atoms with E-state index < -0.39 is 5.60 Å². The first kappa shape index (κ1) is 31.5. The summed E-state index contributed by atoms with van der Waals surface area (Å²) in [6.07, 6.45) is 3.19. The van der Waals surface area contributed by atoms with Crippen LogP contribution >= 0.6 is 0 Å². The number of nitrogens with zero attached hydrogens (tertiary/aromatic N) is 2. The molecule has 2 atom stereocenters. The maximum atomic E-state index is 13.0. The molecule has 1 aliphatic rings. The zero-order valence-corrected chi connectivity index (χ0v) is 26.4. The molecule has 0 radical (unpaired) electrons. The molecule has 7 heteroatoms. The maximum Gasteiger partial charge on any atom is 0.410 e. The summed E-state index contributed by atoms with van der Waals surface area (Å²) in [6, 6.07) is 29.1. The highest BCUT2D eigenvalue weighted by Gasteiger charge is 2.35. The Morgan fingerprint density at radius 1 is 0.909 bits per heavy atom. The lowest BCUT2D eigenvalue weighted by Crippen LogP contribution is -2.48. The summed E-state index contributed by atoms with van der Waals surface area (Å²) in [7, 11) is 2.05. The van der Waals surface area contributed by atoms with Gasteiger partial charge in [0.2, 0.25) is 5.52 Å². The predicted molar refractivity (Wildman–Crippen MR) is 172 cm³/mol. The van der Waals surface area contributed by atoms with Crippen LogP contribution in [0.2, 0.25) is 0 Å². The van der Waals surface area contributed by atoms with Gasteiger partial charge in [-0.3, -0.25) is 0 Å². The molecule has 1 aromatic heterocycles. The molecule has 1 saturated heterocycles. The van der Waals surface area contributed by atoms with Gasteiger partial charge >= 0.3 is 6.09 Å². The van der Waals surface area contributed by atoms with Crippen LogP contribution in [0.4, 0.5) is 4.79 Å². The van der Waals surface area contributed by atoms with E-state index in [1.807, 2.05) is 57.2 Å². The Labute approximate surface area is 261 Å². The van der Waals surface area contributed by atoms with E-state index in [1.165, 1.54) is 16.5 Å². The van der Waals surface area contributed by atoms with Crippen LogP contribution in [0.3, 0.4) is 0 Å². The second-order valence-electron chi connectivity index (χ2n) is 12.5. The highest BCUT2D eigenvalue weighted by Crippen LogP contribution is 2.33. The molecule has 1 amide bonds. The van der Waals surface area contributed by atoms with Crippen molar-refractivity contribution in [2.45, 2.75) is 64.4 Å². The van der Waals surface area contributed by atoms with Gasteiger partial charge in [0.25, 0.3) is 0 Å². The summed E-state index contributed by atoms with van der Waals surface area (Å²) in [5, 5.41) is 1.19. The number of ether oxygens (including phenoxy) is 4. The van der Waals surface area contributed by atoms with Crippen molar-refractivity contribution >= 4 is 17.0 Å². The van der Waals surface area contributed by atoms with Gasteiger partial charge in [-0.05, 0) is 68.1 Å². The largest absolute Gasteiger partial charge is 0.494 e. The molecule has 3 aromatic carbocycles. The van der Waals surface area contributed by atoms with Crippen LogP contribution in [0.15, 0.2) is 91.1 Å². The van der Waals surface area contributed by atoms with E-state index >= 15 is 0 Å². The number of pyridine rings is 1. The number of aromatic nitrogens is 1. The molecule has 0 bridgehead atoms. The maximum absolute atomic E-state index is 13.0. The fraction of sp³-hybridized carbons (Fsp3) is 0.405. The van der Waals surface area contributed by atoms with Crippen molar-refractivity contribution in [2.24, 2.45) is 7.05 Å². The molecule has 4 aromatic rings. The second kappa shape index (κ2) is 14.7. The minimum Gasteiger partial charge on any atom is -0.494 e. The van der Waals surface area contributed by atoms with Gasteiger partial charge < -0.3 is 23.8 Å². The Balaban J connectivity index is 1.20. The smallest absolute Gasteiger partial charge is 0.410 e. The van der Waals surface area contributed by atoms with Gasteiger partial charge in [0.05, 0.1) is 39.1 Å². The van der Waals surface area contributed by atoms with Gasteiger partial charge in [-0.25, -0.2) is 9.36 Å². The van der Waals surface area contributed by atoms with E-state index in [0.29, 0.717) is 39.5 Å². The fourth-order valence-corrected chi connectivity index (χ4v) is 5.57. The lowest BCUT2D eigenvalue weighted by molar-refractivity contribution is -0.644. The van der Waals surface area contributed by atoms with Crippen LogP contribution in [0.5, 0.6) is 5.75 Å². The molecule has 0 saturated carbocycles. The summed E-state index contributed by atoms with van der Waals surface area (Å²) >= 11 is 0. The number of hydrogen-bond acceptors (Lipinski definition) is 5. The number of aryl methyl sites for hydroxylation is 1. The van der Waals surface area contributed by atoms with E-state index in [1.54, 1.807) is 4.90 Å². The van der Waals surface area contributed by atoms with Gasteiger partial charge in [0.1, 0.15) is 18.4 Å². The van der Waals surface area contributed by atoms with E-state index in [9.17, 15) is 4.79 Å². The Kier molecular flexibility index (Phi) is 10.5. The molecule has 5 rings (SSSR count). The number of carbonyl (C=O) groups is 1. The molecular weight excluding hydrogens is 552 g/mol. The molecule has 2 unspecified atom stereocenters. The average molecular weight is 598 g/mol. The third-order valence-electron chi connectivity index (χ3n) is 7.86. The van der Waals surface area contributed by atoms with Crippen LogP contribution in [-0.4, -0.2) is 49.0 Å². The van der Waals surface area contributed by atoms with Crippen molar-refractivity contribution in [2.75, 3.05) is 26.3 Å². The predicted octanol–water partition coefficient (Wildman–Crippen LogP) is 6.96. The lowest BCUT2D eigenvalue weighted by atomic mass is 9.87. The Hall–Kier alpha value is -3.94. The van der Waals surface area contributed by atoms with Gasteiger partial charge in [-0.1, -0.05) is 48.5 Å². The zero-order valence-electron chi connectivity index (χ0n) is 26.4. The molecule has 2 heterocycles. The monoisotopic (exact) mass is 597 g/mol. The number of carbonyl (C=O) groups excluding carboxylic acids is 1. The van der Waals surface area contributed by atoms with Crippen molar-refractivity contribution in [3.05, 3.63) is 108 Å². The first-order valence-electron chi connectivity index (χ1n) is 15.6. The number of hydrogen-bond donors (Lipinski definition) is 0. The molecule has 0 spiro atoms. The Bertz CT molecular complexity index is 1500. The third kappa shape index (κ3) is 8.80. The van der Waals surface area contributed by atoms with E-state index in [2.05, 4.69) is 66.3 Å². The zero-order chi connectivity index (χ0) is 30.9. The second-order valence-corrected chi connectivity index (χ2v) is 12.5. The minimum absolute atomic E-state index is 0.144. The fourth-order valence-electron chi connectivity index (χ4n) is 5.57. The molecule has 7 nitrogen and oxygen atoms in total. The third-order valence-corrected chi connectivity index (χ3v) is 7.86. The SMILES string of the molecule is C[n+]1cccc2ccc(COC3CN(C(=O)OC(C)(C)C)CCC3c3ccc(OCCCOCc4ccccc4)cc3)cc21. The van der Waals surface area contributed by atoms with Gasteiger partial charge in [-0.2, -0.15) is 0 Å². The van der Waals surface area contributed by atoms with Crippen molar-refractivity contribution < 1.29 is 28.3 Å². The molecular formula is C37H45N2O5+. The molecule has 0 aliphatic carbocycles. The summed E-state index contributed by atoms with van der Waals surface area (Å²) in [4.78, 5) is 14.7. The highest BCUT2D eigenvalue weighted by atomic mass is 16.6. The Morgan fingerprint density at radius 2 is 1.70 bits per heavy atom. The number of fused-ring (bicyclic) bond motifs is 1. The van der Waals surface area contributed by atoms with Crippen LogP contribution in [0, 0.1) is 0 Å². The topological polar surface area (TPSA) is 61.1 Å². The van der Waals surface area contributed by atoms with Crippen LogP contribution < -0.4 is 9.30 Å². The van der Waals surface area contributed by atoms with Crippen LogP contribution in [0.1, 0.15) is 56.2 Å². The summed E-state index contributed by atoms with van der Waals surface area (Å²) in [5.74, 6) is 0.982. The van der Waals surface area contributed by atoms with E-state index in [-0.39, 0.29) is 18.1 Å². The van der Waals surface area contributed by atoms with Gasteiger partial charge in [-0.15, -0.1) is 0 Å². The number of piperidine rings is 1. The summed E-state index contributed by atoms with van der Waals surface area (Å²) in [5.41, 5.74) is 4.07. The average Bonchev–Trinajstić information content (AvgIpc) is 3.02. The van der Waals surface area contributed by atoms with Crippen molar-refractivity contribution in [3.8, 4) is 5.75 Å². The number of amides is 1. The summed E-state index contributed by atoms with van der Waals surface area (Å²) < 4.78 is 26.2. The van der Waals surface area contributed by atoms with Crippen LogP contribution in [-0.2, 0) is 34.5 Å². The summed E-state index contributed by atoms with van der Waals surface area (Å²) in [6.45, 7) is 9.10. The molecule has 232 valence electrons. The number of rotatable bonds is 11. The molecule has 1 fully saturated rings. The molecule has 44 heavy (non-hydrogen) atoms. The quantitative estimate of drug-likeness (QED) is 0.138. The first-order valence-corrected chi connectivity index (χ1v) is 15.6. The standard InChI is InChI=1S/C37H45N2O5/c1-37(2,3)44-36(40)39-21-19-33(35(25-39)43-27-29-13-14-31-12-8-20-38(4)34(31)24-29)30-15-17-32(18-16-30)42-23-9-22-41-26-28-10-6-5-7-11-28/h5-8,10-18,20,24,33,35H,9,19,21-23,25-27H2,1-4H3/q+1. The van der Waals surface area contributed by atoms with Crippen molar-refractivity contribution in [3.63, 3.8) is 0 Å². The van der Waals surface area contributed by atoms with E-state index in [0.717, 1.165) is 29.7 Å². The minimum atomic E-state index is -0.547. The van der Waals surface area contributed by atoms with Gasteiger partial charge in [0.15, 0.2) is 6.20 Å². The number of benzene rings is 3. The number of likely N-dealkylation sites (tertiary alicyclic amines) is 1. The molecule has 1 aliphatic heterocycles.